The van der Waals surface area contributed by atoms with Gasteiger partial charge in [0.15, 0.2) is 5.82 Å². The molecule has 0 aliphatic heterocycles. The number of nitrogens with zero attached hydrogens (tertiary/aromatic N) is 2. The summed E-state index contributed by atoms with van der Waals surface area (Å²) in [5.41, 5.74) is 2.30. The van der Waals surface area contributed by atoms with Crippen LogP contribution in [0.5, 0.6) is 0 Å². The van der Waals surface area contributed by atoms with Crippen molar-refractivity contribution in [3.63, 3.8) is 0 Å². The van der Waals surface area contributed by atoms with Gasteiger partial charge in [-0.05, 0) is 37.7 Å². The number of H-pyrrole nitrogens is 1. The lowest BCUT2D eigenvalue weighted by Gasteiger charge is -2.11. The fourth-order valence-corrected chi connectivity index (χ4v) is 3.09. The Kier molecular flexibility index (Phi) is 5.00. The van der Waals surface area contributed by atoms with Gasteiger partial charge in [-0.3, -0.25) is 9.89 Å². The Balaban J connectivity index is 1.53. The first-order chi connectivity index (χ1) is 11.2. The van der Waals surface area contributed by atoms with Gasteiger partial charge < -0.3 is 5.32 Å². The Morgan fingerprint density at radius 3 is 2.78 bits per heavy atom. The van der Waals surface area contributed by atoms with E-state index in [9.17, 15) is 4.79 Å². The standard InChI is InChI=1S/C17H22N4OS/c1-3-12-4-6-14(7-5-12)16-19-17(21-20-16)23-10-15(22)18-11(2)13-8-9-13/h4-7,11,13H,3,8-10H2,1-2H3,(H,18,22)(H,19,20,21)/t11-/m1/s1. The molecule has 1 saturated carbocycles. The Morgan fingerprint density at radius 2 is 2.13 bits per heavy atom. The highest BCUT2D eigenvalue weighted by atomic mass is 32.2. The Hall–Kier alpha value is -1.82. The molecule has 5 nitrogen and oxygen atoms in total. The molecule has 1 amide bonds. The van der Waals surface area contributed by atoms with Gasteiger partial charge in [0.1, 0.15) is 0 Å². The van der Waals surface area contributed by atoms with E-state index in [0.717, 1.165) is 17.8 Å². The second kappa shape index (κ2) is 7.17. The number of thioether (sulfide) groups is 1. The predicted octanol–water partition coefficient (Wildman–Crippen LogP) is 3.04. The quantitative estimate of drug-likeness (QED) is 0.766. The van der Waals surface area contributed by atoms with Crippen LogP contribution in [0.2, 0.25) is 0 Å². The van der Waals surface area contributed by atoms with Crippen LogP contribution in [-0.2, 0) is 11.2 Å². The van der Waals surface area contributed by atoms with Gasteiger partial charge in [-0.1, -0.05) is 43.0 Å². The zero-order chi connectivity index (χ0) is 16.2. The minimum atomic E-state index is 0.0491. The molecular formula is C17H22N4OS. The third-order valence-corrected chi connectivity index (χ3v) is 5.00. The highest BCUT2D eigenvalue weighted by molar-refractivity contribution is 7.99. The van der Waals surface area contributed by atoms with Gasteiger partial charge in [-0.2, -0.15) is 0 Å². The van der Waals surface area contributed by atoms with Crippen molar-refractivity contribution in [3.8, 4) is 11.4 Å². The minimum Gasteiger partial charge on any atom is -0.353 e. The molecule has 1 atom stereocenters. The fraction of sp³-hybridized carbons (Fsp3) is 0.471. The van der Waals surface area contributed by atoms with Crippen LogP contribution in [0.3, 0.4) is 0 Å². The maximum absolute atomic E-state index is 11.9. The van der Waals surface area contributed by atoms with Crippen molar-refractivity contribution >= 4 is 17.7 Å². The number of hydrogen-bond donors (Lipinski definition) is 2. The van der Waals surface area contributed by atoms with Crippen molar-refractivity contribution in [2.45, 2.75) is 44.3 Å². The monoisotopic (exact) mass is 330 g/mol. The van der Waals surface area contributed by atoms with Crippen LogP contribution in [0.4, 0.5) is 0 Å². The van der Waals surface area contributed by atoms with E-state index in [2.05, 4.69) is 46.5 Å². The maximum atomic E-state index is 11.9. The molecule has 1 fully saturated rings. The van der Waals surface area contributed by atoms with Gasteiger partial charge in [0.05, 0.1) is 5.75 Å². The summed E-state index contributed by atoms with van der Waals surface area (Å²) in [4.78, 5) is 16.4. The van der Waals surface area contributed by atoms with Crippen LogP contribution >= 0.6 is 11.8 Å². The van der Waals surface area contributed by atoms with E-state index in [1.54, 1.807) is 0 Å². The number of aromatic nitrogens is 3. The molecule has 1 aromatic carbocycles. The molecule has 3 rings (SSSR count). The normalized spacial score (nSPS) is 15.4. The number of nitrogens with one attached hydrogen (secondary N) is 2. The van der Waals surface area contributed by atoms with Crippen LogP contribution in [0.25, 0.3) is 11.4 Å². The summed E-state index contributed by atoms with van der Waals surface area (Å²) in [7, 11) is 0. The number of carbonyl (C=O) groups is 1. The number of aromatic amines is 1. The van der Waals surface area contributed by atoms with E-state index in [1.807, 2.05) is 12.1 Å². The number of amides is 1. The zero-order valence-corrected chi connectivity index (χ0v) is 14.3. The minimum absolute atomic E-state index is 0.0491. The molecule has 2 aromatic rings. The average Bonchev–Trinajstić information content (AvgIpc) is 3.32. The lowest BCUT2D eigenvalue weighted by molar-refractivity contribution is -0.119. The number of carbonyl (C=O) groups excluding carboxylic acids is 1. The first-order valence-corrected chi connectivity index (χ1v) is 9.08. The van der Waals surface area contributed by atoms with Crippen LogP contribution in [-0.4, -0.2) is 32.9 Å². The number of aryl methyl sites for hydroxylation is 1. The summed E-state index contributed by atoms with van der Waals surface area (Å²) in [6, 6.07) is 8.55. The van der Waals surface area contributed by atoms with E-state index in [1.165, 1.54) is 30.2 Å². The van der Waals surface area contributed by atoms with E-state index in [4.69, 9.17) is 0 Å². The van der Waals surface area contributed by atoms with Gasteiger partial charge in [0.2, 0.25) is 11.1 Å². The molecule has 0 unspecified atom stereocenters. The van der Waals surface area contributed by atoms with E-state index in [0.29, 0.717) is 16.8 Å². The van der Waals surface area contributed by atoms with Gasteiger partial charge in [-0.25, -0.2) is 4.98 Å². The van der Waals surface area contributed by atoms with Crippen LogP contribution in [0.15, 0.2) is 29.4 Å². The summed E-state index contributed by atoms with van der Waals surface area (Å²) >= 11 is 1.36. The van der Waals surface area contributed by atoms with Crippen LogP contribution < -0.4 is 5.32 Å². The largest absolute Gasteiger partial charge is 0.353 e. The molecule has 2 N–H and O–H groups in total. The first kappa shape index (κ1) is 16.1. The van der Waals surface area contributed by atoms with Gasteiger partial charge in [-0.15, -0.1) is 5.10 Å². The highest BCUT2D eigenvalue weighted by Gasteiger charge is 2.28. The molecule has 0 spiro atoms. The van der Waals surface area contributed by atoms with Crippen molar-refractivity contribution in [2.75, 3.05) is 5.75 Å². The summed E-state index contributed by atoms with van der Waals surface area (Å²) in [5, 5.41) is 10.8. The molecule has 1 heterocycles. The summed E-state index contributed by atoms with van der Waals surface area (Å²) in [6.45, 7) is 4.21. The Labute approximate surface area is 140 Å². The third kappa shape index (κ3) is 4.34. The van der Waals surface area contributed by atoms with Crippen molar-refractivity contribution in [1.29, 1.82) is 0 Å². The summed E-state index contributed by atoms with van der Waals surface area (Å²) < 4.78 is 0. The molecule has 1 aromatic heterocycles. The highest BCUT2D eigenvalue weighted by Crippen LogP contribution is 2.32. The van der Waals surface area contributed by atoms with Gasteiger partial charge >= 0.3 is 0 Å². The van der Waals surface area contributed by atoms with Crippen molar-refractivity contribution in [3.05, 3.63) is 29.8 Å². The molecule has 0 saturated heterocycles. The second-order valence-corrected chi connectivity index (χ2v) is 6.94. The molecule has 0 radical (unpaired) electrons. The Morgan fingerprint density at radius 1 is 1.39 bits per heavy atom. The molecule has 23 heavy (non-hydrogen) atoms. The molecule has 0 bridgehead atoms. The lowest BCUT2D eigenvalue weighted by Crippen LogP contribution is -2.35. The van der Waals surface area contributed by atoms with Crippen LogP contribution in [0, 0.1) is 5.92 Å². The second-order valence-electron chi connectivity index (χ2n) is 6.00. The van der Waals surface area contributed by atoms with Crippen molar-refractivity contribution in [1.82, 2.24) is 20.5 Å². The molecule has 1 aliphatic rings. The molecular weight excluding hydrogens is 308 g/mol. The van der Waals surface area contributed by atoms with E-state index >= 15 is 0 Å². The van der Waals surface area contributed by atoms with E-state index < -0.39 is 0 Å². The average molecular weight is 330 g/mol. The summed E-state index contributed by atoms with van der Waals surface area (Å²) in [5.74, 6) is 1.81. The molecule has 122 valence electrons. The van der Waals surface area contributed by atoms with Crippen molar-refractivity contribution < 1.29 is 4.79 Å². The van der Waals surface area contributed by atoms with Gasteiger partial charge in [0.25, 0.3) is 0 Å². The van der Waals surface area contributed by atoms with E-state index in [-0.39, 0.29) is 11.9 Å². The third-order valence-electron chi connectivity index (χ3n) is 4.15. The SMILES string of the molecule is CCc1ccc(-c2nc(SCC(=O)N[C@H](C)C3CC3)n[nH]2)cc1. The van der Waals surface area contributed by atoms with Crippen LogP contribution in [0.1, 0.15) is 32.3 Å². The number of benzene rings is 1. The lowest BCUT2D eigenvalue weighted by atomic mass is 10.1. The topological polar surface area (TPSA) is 70.7 Å². The zero-order valence-electron chi connectivity index (χ0n) is 13.5. The maximum Gasteiger partial charge on any atom is 0.230 e. The predicted molar refractivity (Wildman–Crippen MR) is 92.2 cm³/mol. The fourth-order valence-electron chi connectivity index (χ4n) is 2.48. The number of hydrogen-bond acceptors (Lipinski definition) is 4. The van der Waals surface area contributed by atoms with Gasteiger partial charge in [0, 0.05) is 11.6 Å². The first-order valence-electron chi connectivity index (χ1n) is 8.09. The molecule has 6 heteroatoms. The Bertz CT molecular complexity index is 663. The number of rotatable bonds is 7. The summed E-state index contributed by atoms with van der Waals surface area (Å²) in [6.07, 6.45) is 3.48. The van der Waals surface area contributed by atoms with Crippen molar-refractivity contribution in [2.24, 2.45) is 5.92 Å². The smallest absolute Gasteiger partial charge is 0.230 e. The molecule has 1 aliphatic carbocycles.